The average Bonchev–Trinajstić information content (AvgIpc) is 3.21. The quantitative estimate of drug-likeness (QED) is 0.116. The summed E-state index contributed by atoms with van der Waals surface area (Å²) in [5.41, 5.74) is 6.22. The van der Waals surface area contributed by atoms with Gasteiger partial charge in [0.2, 0.25) is 0 Å². The third kappa shape index (κ3) is 10.9. The highest BCUT2D eigenvalue weighted by molar-refractivity contribution is 9.10. The molecule has 8 rings (SSSR count). The number of ether oxygens (including phenoxy) is 1. The largest absolute Gasteiger partial charge is 0.497 e. The lowest BCUT2D eigenvalue weighted by Gasteiger charge is -2.35. The number of rotatable bonds is 7. The van der Waals surface area contributed by atoms with E-state index in [9.17, 15) is 0 Å². The molecule has 0 aliphatic carbocycles. The Balaban J connectivity index is 0.000000174. The molecular formula is C43H43BrCl2N8OS2. The van der Waals surface area contributed by atoms with E-state index in [0.717, 1.165) is 105 Å². The van der Waals surface area contributed by atoms with Gasteiger partial charge in [0, 0.05) is 105 Å². The molecule has 4 aromatic carbocycles. The van der Waals surface area contributed by atoms with Crippen LogP contribution in [0.1, 0.15) is 25.7 Å². The minimum Gasteiger partial charge on any atom is -0.497 e. The van der Waals surface area contributed by atoms with Gasteiger partial charge in [0.15, 0.2) is 10.2 Å². The van der Waals surface area contributed by atoms with Crippen LogP contribution in [-0.2, 0) is 0 Å². The first-order valence-corrected chi connectivity index (χ1v) is 21.2. The van der Waals surface area contributed by atoms with Gasteiger partial charge in [-0.25, -0.2) is 0 Å². The topological polar surface area (TPSA) is 89.6 Å². The predicted molar refractivity (Wildman–Crippen MR) is 250 cm³/mol. The van der Waals surface area contributed by atoms with Crippen LogP contribution in [-0.4, -0.2) is 65.6 Å². The van der Waals surface area contributed by atoms with Gasteiger partial charge in [-0.3, -0.25) is 9.97 Å². The Kier molecular flexibility index (Phi) is 13.8. The molecule has 4 N–H and O–H groups in total. The number of halogens is 3. The molecule has 294 valence electrons. The molecule has 2 aliphatic rings. The van der Waals surface area contributed by atoms with Crippen molar-refractivity contribution >= 4 is 118 Å². The van der Waals surface area contributed by atoms with Crippen molar-refractivity contribution in [2.75, 3.05) is 53.7 Å². The first kappa shape index (κ1) is 40.7. The summed E-state index contributed by atoms with van der Waals surface area (Å²) in [4.78, 5) is 13.7. The van der Waals surface area contributed by atoms with Gasteiger partial charge in [0.25, 0.3) is 0 Å². The molecule has 0 bridgehead atoms. The van der Waals surface area contributed by atoms with Gasteiger partial charge in [-0.2, -0.15) is 0 Å². The number of nitrogens with one attached hydrogen (secondary N) is 4. The standard InChI is InChI=1S/C22H23ClN4OS.C21H20BrClN4S/c1-28-18-4-2-3-17(14-18)26-22(29)25-16-8-11-27(12-9-16)21-7-10-24-20-6-5-15(23)13-19(20)21;22-14-2-1-3-17(12-14)26-21(28)25-16-7-10-27(11-8-16)20-6-9-24-19-5-4-15(23)13-18(19)20/h2-7,10,13-14,16H,8-9,11-12H2,1H3,(H2,25,26,29);1-6,9,12-13,16H,7-8,10-11H2,(H2,25,26,28). The van der Waals surface area contributed by atoms with Crippen LogP contribution in [0.15, 0.2) is 114 Å². The van der Waals surface area contributed by atoms with E-state index in [1.54, 1.807) is 7.11 Å². The number of nitrogens with zero attached hydrogens (tertiary/aromatic N) is 4. The van der Waals surface area contributed by atoms with Crippen molar-refractivity contribution in [3.05, 3.63) is 124 Å². The van der Waals surface area contributed by atoms with Crippen LogP contribution in [0.4, 0.5) is 22.7 Å². The van der Waals surface area contributed by atoms with E-state index in [0.29, 0.717) is 22.3 Å². The summed E-state index contributed by atoms with van der Waals surface area (Å²) in [5, 5.41) is 18.4. The monoisotopic (exact) mass is 900 g/mol. The maximum Gasteiger partial charge on any atom is 0.170 e. The molecule has 9 nitrogen and oxygen atoms in total. The Morgan fingerprint density at radius 2 is 1.12 bits per heavy atom. The van der Waals surface area contributed by atoms with Crippen molar-refractivity contribution in [2.45, 2.75) is 37.8 Å². The first-order chi connectivity index (χ1) is 27.7. The molecule has 2 aliphatic heterocycles. The van der Waals surface area contributed by atoms with Crippen LogP contribution >= 0.6 is 63.6 Å². The normalized spacial score (nSPS) is 14.7. The van der Waals surface area contributed by atoms with Crippen molar-refractivity contribution in [3.63, 3.8) is 0 Å². The zero-order chi connectivity index (χ0) is 39.7. The Bertz CT molecular complexity index is 2350. The van der Waals surface area contributed by atoms with E-state index in [2.05, 4.69) is 69.1 Å². The zero-order valence-electron chi connectivity index (χ0n) is 31.4. The summed E-state index contributed by atoms with van der Waals surface area (Å²) in [7, 11) is 1.66. The van der Waals surface area contributed by atoms with Crippen molar-refractivity contribution in [2.24, 2.45) is 0 Å². The molecule has 14 heteroatoms. The Labute approximate surface area is 362 Å². The minimum absolute atomic E-state index is 0.341. The molecule has 2 saturated heterocycles. The molecule has 0 radical (unpaired) electrons. The second-order valence-electron chi connectivity index (χ2n) is 13.9. The lowest BCUT2D eigenvalue weighted by Crippen LogP contribution is -2.46. The van der Waals surface area contributed by atoms with Crippen molar-refractivity contribution in [1.82, 2.24) is 20.6 Å². The van der Waals surface area contributed by atoms with Gasteiger partial charge in [-0.15, -0.1) is 0 Å². The molecule has 0 amide bonds. The highest BCUT2D eigenvalue weighted by atomic mass is 79.9. The average molecular weight is 903 g/mol. The van der Waals surface area contributed by atoms with Crippen LogP contribution in [0.3, 0.4) is 0 Å². The van der Waals surface area contributed by atoms with Gasteiger partial charge in [-0.05, 0) is 129 Å². The Hall–Kier alpha value is -4.46. The first-order valence-electron chi connectivity index (χ1n) is 18.8. The molecule has 0 saturated carbocycles. The zero-order valence-corrected chi connectivity index (χ0v) is 36.1. The highest BCUT2D eigenvalue weighted by Crippen LogP contribution is 2.31. The third-order valence-corrected chi connectivity index (χ3v) is 11.5. The number of hydrogen-bond acceptors (Lipinski definition) is 7. The molecule has 4 heterocycles. The van der Waals surface area contributed by atoms with Gasteiger partial charge < -0.3 is 35.8 Å². The molecular weight excluding hydrogens is 859 g/mol. The van der Waals surface area contributed by atoms with Crippen LogP contribution in [0.25, 0.3) is 21.8 Å². The second kappa shape index (κ2) is 19.3. The van der Waals surface area contributed by atoms with Crippen LogP contribution in [0.2, 0.25) is 10.0 Å². The van der Waals surface area contributed by atoms with E-state index in [-0.39, 0.29) is 0 Å². The number of anilines is 4. The maximum atomic E-state index is 6.21. The molecule has 57 heavy (non-hydrogen) atoms. The van der Waals surface area contributed by atoms with E-state index >= 15 is 0 Å². The Morgan fingerprint density at radius 3 is 1.60 bits per heavy atom. The number of thiocarbonyl (C=S) groups is 2. The molecule has 2 aromatic heterocycles. The molecule has 6 aromatic rings. The SMILES string of the molecule is COc1cccc(NC(=S)NC2CCN(c3ccnc4ccc(Cl)cc34)CC2)c1.S=C(Nc1cccc(Br)c1)NC1CCN(c2ccnc3ccc(Cl)cc23)CC1. The van der Waals surface area contributed by atoms with E-state index < -0.39 is 0 Å². The summed E-state index contributed by atoms with van der Waals surface area (Å²) >= 11 is 26.9. The highest BCUT2D eigenvalue weighted by Gasteiger charge is 2.23. The number of hydrogen-bond donors (Lipinski definition) is 4. The van der Waals surface area contributed by atoms with E-state index in [1.165, 1.54) is 11.4 Å². The number of benzene rings is 4. The van der Waals surface area contributed by atoms with Gasteiger partial charge >= 0.3 is 0 Å². The van der Waals surface area contributed by atoms with Crippen LogP contribution < -0.4 is 35.8 Å². The van der Waals surface area contributed by atoms with Gasteiger partial charge in [0.05, 0.1) is 18.1 Å². The van der Waals surface area contributed by atoms with Crippen molar-refractivity contribution < 1.29 is 4.74 Å². The number of piperidine rings is 2. The number of pyridine rings is 2. The van der Waals surface area contributed by atoms with Crippen molar-refractivity contribution in [3.8, 4) is 5.75 Å². The summed E-state index contributed by atoms with van der Waals surface area (Å²) < 4.78 is 6.28. The fourth-order valence-corrected chi connectivity index (χ4v) is 8.57. The summed E-state index contributed by atoms with van der Waals surface area (Å²) in [5.74, 6) is 0.802. The lowest BCUT2D eigenvalue weighted by atomic mass is 10.0. The smallest absolute Gasteiger partial charge is 0.170 e. The Morgan fingerprint density at radius 1 is 0.649 bits per heavy atom. The van der Waals surface area contributed by atoms with E-state index in [4.69, 9.17) is 52.4 Å². The van der Waals surface area contributed by atoms with Crippen molar-refractivity contribution in [1.29, 1.82) is 0 Å². The van der Waals surface area contributed by atoms with Crippen LogP contribution in [0, 0.1) is 0 Å². The summed E-state index contributed by atoms with van der Waals surface area (Å²) in [6.45, 7) is 3.82. The molecule has 0 unspecified atom stereocenters. The second-order valence-corrected chi connectivity index (χ2v) is 16.6. The number of fused-ring (bicyclic) bond motifs is 2. The van der Waals surface area contributed by atoms with Gasteiger partial charge in [0.1, 0.15) is 5.75 Å². The fraction of sp³-hybridized carbons (Fsp3) is 0.256. The molecule has 0 atom stereocenters. The number of methoxy groups -OCH3 is 1. The minimum atomic E-state index is 0.341. The van der Waals surface area contributed by atoms with E-state index in [1.807, 2.05) is 97.3 Å². The van der Waals surface area contributed by atoms with Crippen LogP contribution in [0.5, 0.6) is 5.75 Å². The van der Waals surface area contributed by atoms with Gasteiger partial charge in [-0.1, -0.05) is 51.3 Å². The lowest BCUT2D eigenvalue weighted by molar-refractivity contribution is 0.415. The molecule has 2 fully saturated rings. The summed E-state index contributed by atoms with van der Waals surface area (Å²) in [6.07, 6.45) is 7.78. The third-order valence-electron chi connectivity index (χ3n) is 10.1. The summed E-state index contributed by atoms with van der Waals surface area (Å²) in [6, 6.07) is 32.3. The number of aromatic nitrogens is 2. The molecule has 0 spiro atoms. The maximum absolute atomic E-state index is 6.21. The predicted octanol–water partition coefficient (Wildman–Crippen LogP) is 10.5. The fourth-order valence-electron chi connectivity index (χ4n) is 7.26.